The molecule has 3 atom stereocenters. The molecule has 0 aliphatic carbocycles. The predicted molar refractivity (Wildman–Crippen MR) is 93.4 cm³/mol. The van der Waals surface area contributed by atoms with E-state index in [0.717, 1.165) is 6.26 Å². The number of nitro groups is 1. The van der Waals surface area contributed by atoms with Gasteiger partial charge in [-0.2, -0.15) is 8.42 Å². The summed E-state index contributed by atoms with van der Waals surface area (Å²) in [5, 5.41) is 26.0. The maximum absolute atomic E-state index is 11.7. The Morgan fingerprint density at radius 2 is 2.11 bits per heavy atom. The summed E-state index contributed by atoms with van der Waals surface area (Å²) < 4.78 is 32.0. The first kappa shape index (κ1) is 21.0. The summed E-state index contributed by atoms with van der Waals surface area (Å²) in [5.74, 6) is 0. The first-order chi connectivity index (χ1) is 12.6. The zero-order valence-electron chi connectivity index (χ0n) is 14.5. The molecule has 150 valence electrons. The highest BCUT2D eigenvalue weighted by Crippen LogP contribution is 2.15. The number of nitro benzene ring substituents is 1. The van der Waals surface area contributed by atoms with Crippen molar-refractivity contribution in [3.63, 3.8) is 0 Å². The molecule has 3 N–H and O–H groups in total. The van der Waals surface area contributed by atoms with Gasteiger partial charge in [0.2, 0.25) is 0 Å². The number of nitrogens with one attached hydrogen (secondary N) is 2. The molecule has 0 spiro atoms. The Balaban J connectivity index is 1.70. The van der Waals surface area contributed by atoms with E-state index in [2.05, 4.69) is 10.6 Å². The van der Waals surface area contributed by atoms with Crippen molar-refractivity contribution in [3.8, 4) is 0 Å². The maximum atomic E-state index is 11.7. The SMILES string of the molecule is CS(=O)(=O)O[C@H]1CN[C@H]([C@@H](O)CNC(=O)OCc2ccc([N+](=O)[O-])cc2)C1. The fourth-order valence-corrected chi connectivity index (χ4v) is 3.23. The number of nitrogens with zero attached hydrogens (tertiary/aromatic N) is 1. The van der Waals surface area contributed by atoms with Gasteiger partial charge in [0.1, 0.15) is 6.61 Å². The molecule has 0 unspecified atom stereocenters. The summed E-state index contributed by atoms with van der Waals surface area (Å²) in [6.07, 6.45) is -1.03. The zero-order chi connectivity index (χ0) is 20.0. The summed E-state index contributed by atoms with van der Waals surface area (Å²) in [6, 6.07) is 5.14. The van der Waals surface area contributed by atoms with Crippen LogP contribution in [0.4, 0.5) is 10.5 Å². The number of rotatable bonds is 8. The lowest BCUT2D eigenvalue weighted by molar-refractivity contribution is -0.384. The van der Waals surface area contributed by atoms with Gasteiger partial charge >= 0.3 is 6.09 Å². The van der Waals surface area contributed by atoms with Crippen LogP contribution in [0.3, 0.4) is 0 Å². The molecule has 0 aromatic heterocycles. The van der Waals surface area contributed by atoms with E-state index in [1.165, 1.54) is 24.3 Å². The normalized spacial score (nSPS) is 20.8. The molecule has 0 saturated carbocycles. The molecule has 12 heteroatoms. The highest BCUT2D eigenvalue weighted by molar-refractivity contribution is 7.86. The molecule has 27 heavy (non-hydrogen) atoms. The van der Waals surface area contributed by atoms with Crippen LogP contribution in [-0.4, -0.2) is 62.1 Å². The maximum Gasteiger partial charge on any atom is 0.407 e. The number of hydrogen-bond acceptors (Lipinski definition) is 9. The van der Waals surface area contributed by atoms with Crippen molar-refractivity contribution in [1.29, 1.82) is 0 Å². The first-order valence-electron chi connectivity index (χ1n) is 8.07. The Morgan fingerprint density at radius 1 is 1.44 bits per heavy atom. The van der Waals surface area contributed by atoms with Crippen molar-refractivity contribution in [1.82, 2.24) is 10.6 Å². The van der Waals surface area contributed by atoms with E-state index in [-0.39, 0.29) is 31.8 Å². The molecule has 11 nitrogen and oxygen atoms in total. The molecule has 1 fully saturated rings. The molecule has 1 heterocycles. The standard InChI is InChI=1S/C15H21N3O8S/c1-27(23,24)26-12-6-13(16-7-12)14(19)8-17-15(20)25-9-10-2-4-11(5-3-10)18(21)22/h2-5,12-14,16,19H,6-9H2,1H3,(H,17,20)/t12-,13+,14+/m1/s1. The van der Waals surface area contributed by atoms with Gasteiger partial charge in [0, 0.05) is 31.3 Å². The Hall–Kier alpha value is -2.28. The van der Waals surface area contributed by atoms with Crippen LogP contribution in [0.1, 0.15) is 12.0 Å². The van der Waals surface area contributed by atoms with Crippen LogP contribution in [0, 0.1) is 10.1 Å². The monoisotopic (exact) mass is 403 g/mol. The number of hydrogen-bond donors (Lipinski definition) is 3. The summed E-state index contributed by atoms with van der Waals surface area (Å²) in [7, 11) is -3.57. The number of alkyl carbamates (subject to hydrolysis) is 1. The van der Waals surface area contributed by atoms with Gasteiger partial charge in [0.25, 0.3) is 15.8 Å². The minimum atomic E-state index is -3.57. The van der Waals surface area contributed by atoms with Crippen LogP contribution in [0.15, 0.2) is 24.3 Å². The topological polar surface area (TPSA) is 157 Å². The summed E-state index contributed by atoms with van der Waals surface area (Å²) in [5.41, 5.74) is 0.517. The van der Waals surface area contributed by atoms with Crippen LogP contribution in [0.2, 0.25) is 0 Å². The minimum absolute atomic E-state index is 0.0615. The Bertz CT molecular complexity index is 768. The van der Waals surface area contributed by atoms with E-state index in [0.29, 0.717) is 5.56 Å². The quantitative estimate of drug-likeness (QED) is 0.306. The number of aliphatic hydroxyl groups excluding tert-OH is 1. The molecular formula is C15H21N3O8S. The van der Waals surface area contributed by atoms with Gasteiger partial charge in [0.05, 0.1) is 23.4 Å². The minimum Gasteiger partial charge on any atom is -0.445 e. The average molecular weight is 403 g/mol. The molecule has 1 amide bonds. The number of carbonyl (C=O) groups excluding carboxylic acids is 1. The summed E-state index contributed by atoms with van der Waals surface area (Å²) in [6.45, 7) is 0.105. The van der Waals surface area contributed by atoms with Gasteiger partial charge in [-0.05, 0) is 24.1 Å². The first-order valence-corrected chi connectivity index (χ1v) is 9.89. The number of non-ortho nitro benzene ring substituents is 1. The average Bonchev–Trinajstić information content (AvgIpc) is 3.04. The third-order valence-electron chi connectivity index (χ3n) is 3.87. The van der Waals surface area contributed by atoms with Crippen LogP contribution in [0.25, 0.3) is 0 Å². The number of benzene rings is 1. The van der Waals surface area contributed by atoms with Crippen molar-refractivity contribution in [3.05, 3.63) is 39.9 Å². The largest absolute Gasteiger partial charge is 0.445 e. The number of amides is 1. The van der Waals surface area contributed by atoms with E-state index >= 15 is 0 Å². The van der Waals surface area contributed by atoms with Crippen LogP contribution in [-0.2, 0) is 25.6 Å². The molecule has 1 aliphatic heterocycles. The number of carbonyl (C=O) groups is 1. The molecule has 0 bridgehead atoms. The molecule has 1 saturated heterocycles. The Labute approximate surface area is 155 Å². The lowest BCUT2D eigenvalue weighted by Crippen LogP contribution is -2.43. The Kier molecular flexibility index (Phi) is 7.07. The molecular weight excluding hydrogens is 382 g/mol. The van der Waals surface area contributed by atoms with Crippen LogP contribution in [0.5, 0.6) is 0 Å². The molecule has 1 aromatic carbocycles. The molecule has 1 aliphatic rings. The number of ether oxygens (including phenoxy) is 1. The van der Waals surface area contributed by atoms with Crippen molar-refractivity contribution >= 4 is 21.9 Å². The van der Waals surface area contributed by atoms with Gasteiger partial charge < -0.3 is 20.5 Å². The van der Waals surface area contributed by atoms with E-state index in [1.54, 1.807) is 0 Å². The van der Waals surface area contributed by atoms with Crippen molar-refractivity contribution in [2.75, 3.05) is 19.3 Å². The van der Waals surface area contributed by atoms with E-state index < -0.39 is 39.4 Å². The van der Waals surface area contributed by atoms with Crippen molar-refractivity contribution < 1.29 is 32.2 Å². The van der Waals surface area contributed by atoms with Gasteiger partial charge in [-0.15, -0.1) is 0 Å². The van der Waals surface area contributed by atoms with Gasteiger partial charge in [-0.3, -0.25) is 14.3 Å². The van der Waals surface area contributed by atoms with Gasteiger partial charge in [0.15, 0.2) is 0 Å². The highest BCUT2D eigenvalue weighted by atomic mass is 32.2. The fraction of sp³-hybridized carbons (Fsp3) is 0.533. The molecule has 0 radical (unpaired) electrons. The highest BCUT2D eigenvalue weighted by Gasteiger charge is 2.32. The number of aliphatic hydroxyl groups is 1. The second-order valence-corrected chi connectivity index (χ2v) is 7.72. The summed E-state index contributed by atoms with van der Waals surface area (Å²) >= 11 is 0. The van der Waals surface area contributed by atoms with E-state index in [1.807, 2.05) is 0 Å². The second kappa shape index (κ2) is 9.08. The van der Waals surface area contributed by atoms with Gasteiger partial charge in [-0.1, -0.05) is 0 Å². The summed E-state index contributed by atoms with van der Waals surface area (Å²) in [4.78, 5) is 21.7. The predicted octanol–water partition coefficient (Wildman–Crippen LogP) is -0.111. The van der Waals surface area contributed by atoms with E-state index in [9.17, 15) is 28.4 Å². The second-order valence-electron chi connectivity index (χ2n) is 6.12. The van der Waals surface area contributed by atoms with Crippen molar-refractivity contribution in [2.45, 2.75) is 31.3 Å². The smallest absolute Gasteiger partial charge is 0.407 e. The molecule has 1 aromatic rings. The van der Waals surface area contributed by atoms with Crippen LogP contribution < -0.4 is 10.6 Å². The third kappa shape index (κ3) is 7.09. The lowest BCUT2D eigenvalue weighted by atomic mass is 10.1. The fourth-order valence-electron chi connectivity index (χ4n) is 2.59. The zero-order valence-corrected chi connectivity index (χ0v) is 15.3. The van der Waals surface area contributed by atoms with E-state index in [4.69, 9.17) is 8.92 Å². The lowest BCUT2D eigenvalue weighted by Gasteiger charge is -2.18. The van der Waals surface area contributed by atoms with Gasteiger partial charge in [-0.25, -0.2) is 4.79 Å². The molecule has 2 rings (SSSR count). The van der Waals surface area contributed by atoms with Crippen LogP contribution >= 0.6 is 0 Å². The third-order valence-corrected chi connectivity index (χ3v) is 4.49. The van der Waals surface area contributed by atoms with Crippen molar-refractivity contribution in [2.24, 2.45) is 0 Å². The Morgan fingerprint density at radius 3 is 2.70 bits per heavy atom.